The van der Waals surface area contributed by atoms with Crippen molar-refractivity contribution in [2.75, 3.05) is 5.32 Å². The van der Waals surface area contributed by atoms with Gasteiger partial charge in [-0.15, -0.1) is 16.4 Å². The summed E-state index contributed by atoms with van der Waals surface area (Å²) in [6, 6.07) is 15.7. The Balaban J connectivity index is 0.000000242. The van der Waals surface area contributed by atoms with E-state index >= 15 is 0 Å². The van der Waals surface area contributed by atoms with Crippen LogP contribution in [0.15, 0.2) is 53.9 Å². The average Bonchev–Trinajstić information content (AvgIpc) is 3.46. The summed E-state index contributed by atoms with van der Waals surface area (Å²) in [7, 11) is 0. The molecule has 5 rings (SSSR count). The van der Waals surface area contributed by atoms with Gasteiger partial charge in [-0.1, -0.05) is 42.1 Å². The number of thiazole rings is 1. The first-order chi connectivity index (χ1) is 17.7. The number of hydrogen-bond acceptors (Lipinski definition) is 8. The van der Waals surface area contributed by atoms with Crippen molar-refractivity contribution in [3.8, 4) is 17.1 Å². The molecule has 0 spiro atoms. The van der Waals surface area contributed by atoms with Crippen LogP contribution < -0.4 is 14.9 Å². The van der Waals surface area contributed by atoms with Gasteiger partial charge in [0.2, 0.25) is 0 Å². The van der Waals surface area contributed by atoms with E-state index in [4.69, 9.17) is 26.2 Å². The SMILES string of the molecule is C.CC(C)Nc1nc(-c2cc(OC(C)C)c3cccc(Cl)c3n2)cs1.CC(C)On1nnc2ccccc21. The van der Waals surface area contributed by atoms with E-state index < -0.39 is 0 Å². The fourth-order valence-corrected chi connectivity index (χ4v) is 4.56. The molecule has 8 nitrogen and oxygen atoms in total. The summed E-state index contributed by atoms with van der Waals surface area (Å²) in [5.41, 5.74) is 4.07. The number of benzene rings is 2. The van der Waals surface area contributed by atoms with Crippen molar-refractivity contribution in [1.29, 1.82) is 0 Å². The molecule has 0 aliphatic rings. The number of nitrogens with one attached hydrogen (secondary N) is 1. The van der Waals surface area contributed by atoms with E-state index in [9.17, 15) is 0 Å². The van der Waals surface area contributed by atoms with Crippen LogP contribution in [0, 0.1) is 0 Å². The molecule has 0 saturated heterocycles. The van der Waals surface area contributed by atoms with E-state index in [-0.39, 0.29) is 19.6 Å². The number of hydrogen-bond donors (Lipinski definition) is 1. The van der Waals surface area contributed by atoms with Gasteiger partial charge in [0.1, 0.15) is 28.6 Å². The molecule has 0 atom stereocenters. The molecule has 0 unspecified atom stereocenters. The van der Waals surface area contributed by atoms with Crippen molar-refractivity contribution in [2.24, 2.45) is 0 Å². The molecule has 0 fully saturated rings. The summed E-state index contributed by atoms with van der Waals surface area (Å²) in [6.07, 6.45) is 0.168. The molecule has 202 valence electrons. The second kappa shape index (κ2) is 12.9. The zero-order valence-corrected chi connectivity index (χ0v) is 23.3. The molecule has 3 heterocycles. The number of halogens is 1. The number of pyridine rings is 1. The smallest absolute Gasteiger partial charge is 0.183 e. The van der Waals surface area contributed by atoms with Crippen molar-refractivity contribution < 1.29 is 9.57 Å². The van der Waals surface area contributed by atoms with Crippen molar-refractivity contribution in [1.82, 2.24) is 25.1 Å². The van der Waals surface area contributed by atoms with E-state index in [1.165, 1.54) is 4.85 Å². The Kier molecular flexibility index (Phi) is 9.88. The minimum atomic E-state index is 0. The molecule has 3 aromatic heterocycles. The molecule has 0 radical (unpaired) electrons. The van der Waals surface area contributed by atoms with Gasteiger partial charge < -0.3 is 14.9 Å². The number of para-hydroxylation sites is 2. The van der Waals surface area contributed by atoms with Crippen LogP contribution in [0.25, 0.3) is 33.3 Å². The van der Waals surface area contributed by atoms with E-state index in [1.807, 2.05) is 81.6 Å². The molecule has 0 bridgehead atoms. The summed E-state index contributed by atoms with van der Waals surface area (Å²) >= 11 is 7.92. The molecule has 0 aliphatic carbocycles. The first-order valence-corrected chi connectivity index (χ1v) is 13.4. The maximum Gasteiger partial charge on any atom is 0.183 e. The lowest BCUT2D eigenvalue weighted by molar-refractivity contribution is 0.0408. The van der Waals surface area contributed by atoms with Crippen LogP contribution in [0.2, 0.25) is 5.02 Å². The van der Waals surface area contributed by atoms with Crippen molar-refractivity contribution >= 4 is 50.0 Å². The quantitative estimate of drug-likeness (QED) is 0.222. The zero-order valence-electron chi connectivity index (χ0n) is 21.8. The Bertz CT molecular complexity index is 1480. The Morgan fingerprint density at radius 3 is 2.39 bits per heavy atom. The third-order valence-electron chi connectivity index (χ3n) is 4.93. The molecular weight excluding hydrogens is 520 g/mol. The maximum atomic E-state index is 6.35. The highest BCUT2D eigenvalue weighted by Crippen LogP contribution is 2.34. The fraction of sp³-hybridized carbons (Fsp3) is 0.357. The third-order valence-corrected chi connectivity index (χ3v) is 6.00. The van der Waals surface area contributed by atoms with Crippen LogP contribution in [0.4, 0.5) is 5.13 Å². The Labute approximate surface area is 232 Å². The number of fused-ring (bicyclic) bond motifs is 2. The van der Waals surface area contributed by atoms with E-state index in [1.54, 1.807) is 11.3 Å². The predicted molar refractivity (Wildman–Crippen MR) is 158 cm³/mol. The van der Waals surface area contributed by atoms with Gasteiger partial charge in [-0.2, -0.15) is 0 Å². The lowest BCUT2D eigenvalue weighted by atomic mass is 10.1. The van der Waals surface area contributed by atoms with E-state index in [0.717, 1.165) is 44.2 Å². The largest absolute Gasteiger partial charge is 0.490 e. The lowest BCUT2D eigenvalue weighted by Gasteiger charge is -2.14. The Hall–Kier alpha value is -3.43. The van der Waals surface area contributed by atoms with Crippen molar-refractivity contribution in [2.45, 2.75) is 67.2 Å². The molecule has 0 aliphatic heterocycles. The summed E-state index contributed by atoms with van der Waals surface area (Å²) in [6.45, 7) is 12.1. The molecule has 10 heteroatoms. The van der Waals surface area contributed by atoms with E-state index in [0.29, 0.717) is 11.1 Å². The van der Waals surface area contributed by atoms with Crippen LogP contribution in [0.1, 0.15) is 49.0 Å². The lowest BCUT2D eigenvalue weighted by Crippen LogP contribution is -2.20. The Morgan fingerprint density at radius 2 is 1.68 bits per heavy atom. The zero-order chi connectivity index (χ0) is 26.5. The maximum absolute atomic E-state index is 6.35. The summed E-state index contributed by atoms with van der Waals surface area (Å²) in [4.78, 5) is 16.2. The van der Waals surface area contributed by atoms with Crippen LogP contribution in [-0.4, -0.2) is 43.4 Å². The van der Waals surface area contributed by atoms with Crippen LogP contribution >= 0.6 is 22.9 Å². The number of aromatic nitrogens is 5. The second-order valence-electron chi connectivity index (χ2n) is 9.25. The molecule has 5 aromatic rings. The monoisotopic (exact) mass is 554 g/mol. The van der Waals surface area contributed by atoms with Gasteiger partial charge in [-0.3, -0.25) is 0 Å². The molecule has 1 N–H and O–H groups in total. The Morgan fingerprint density at radius 1 is 0.921 bits per heavy atom. The average molecular weight is 555 g/mol. The van der Waals surface area contributed by atoms with Gasteiger partial charge in [-0.25, -0.2) is 9.97 Å². The summed E-state index contributed by atoms with van der Waals surface area (Å²) < 4.78 is 5.98. The molecule has 38 heavy (non-hydrogen) atoms. The summed E-state index contributed by atoms with van der Waals surface area (Å²) in [5.74, 6) is 0.777. The predicted octanol–water partition coefficient (Wildman–Crippen LogP) is 7.52. The second-order valence-corrected chi connectivity index (χ2v) is 10.5. The van der Waals surface area contributed by atoms with Crippen LogP contribution in [-0.2, 0) is 0 Å². The van der Waals surface area contributed by atoms with E-state index in [2.05, 4.69) is 34.5 Å². The van der Waals surface area contributed by atoms with Gasteiger partial charge in [0.25, 0.3) is 0 Å². The topological polar surface area (TPSA) is 87.0 Å². The first-order valence-electron chi connectivity index (χ1n) is 12.2. The van der Waals surface area contributed by atoms with Crippen LogP contribution in [0.3, 0.4) is 0 Å². The minimum Gasteiger partial charge on any atom is -0.490 e. The molecule has 2 aromatic carbocycles. The number of ether oxygens (including phenoxy) is 1. The van der Waals surface area contributed by atoms with Gasteiger partial charge in [0, 0.05) is 22.9 Å². The highest BCUT2D eigenvalue weighted by molar-refractivity contribution is 7.14. The van der Waals surface area contributed by atoms with Crippen molar-refractivity contribution in [3.63, 3.8) is 0 Å². The van der Waals surface area contributed by atoms with Gasteiger partial charge >= 0.3 is 0 Å². The third kappa shape index (κ3) is 7.11. The van der Waals surface area contributed by atoms with Gasteiger partial charge in [0.15, 0.2) is 5.13 Å². The number of anilines is 1. The normalized spacial score (nSPS) is 11.0. The molecular formula is C28H35ClN6O2S. The standard InChI is InChI=1S/C18H20ClN3OS.C9H11N3O.CH4/c1-10(2)20-18-22-15(9-24-18)14-8-16(23-11(3)4)12-6-5-7-13(19)17(12)21-14;1-7(2)13-12-9-6-4-3-5-8(9)10-11-12;/h5-11H,1-4H3,(H,20,22);3-7H,1-2H3;1H4. The highest BCUT2D eigenvalue weighted by Gasteiger charge is 2.14. The highest BCUT2D eigenvalue weighted by atomic mass is 35.5. The van der Waals surface area contributed by atoms with Crippen LogP contribution in [0.5, 0.6) is 5.75 Å². The molecule has 0 saturated carbocycles. The molecule has 0 amide bonds. The number of rotatable bonds is 7. The number of nitrogens with zero attached hydrogens (tertiary/aromatic N) is 5. The fourth-order valence-electron chi connectivity index (χ4n) is 3.49. The van der Waals surface area contributed by atoms with Gasteiger partial charge in [0.05, 0.1) is 22.3 Å². The van der Waals surface area contributed by atoms with Gasteiger partial charge in [-0.05, 0) is 71.0 Å². The first kappa shape index (κ1) is 29.1. The summed E-state index contributed by atoms with van der Waals surface area (Å²) in [5, 5.41) is 15.6. The van der Waals surface area contributed by atoms with Crippen molar-refractivity contribution in [3.05, 3.63) is 58.9 Å². The minimum absolute atomic E-state index is 0.